The van der Waals surface area contributed by atoms with Gasteiger partial charge in [0.2, 0.25) is 0 Å². The lowest BCUT2D eigenvalue weighted by Gasteiger charge is -2.13. The van der Waals surface area contributed by atoms with Gasteiger partial charge in [-0.1, -0.05) is 37.0 Å². The summed E-state index contributed by atoms with van der Waals surface area (Å²) in [5.41, 5.74) is 0.713. The first-order valence-electron chi connectivity index (χ1n) is 5.27. The van der Waals surface area contributed by atoms with Gasteiger partial charge in [0.1, 0.15) is 0 Å². The van der Waals surface area contributed by atoms with Crippen molar-refractivity contribution < 1.29 is 0 Å². The fourth-order valence-corrected chi connectivity index (χ4v) is 1.68. The highest BCUT2D eigenvalue weighted by Gasteiger charge is 2.08. The summed E-state index contributed by atoms with van der Waals surface area (Å²) in [4.78, 5) is 4.24. The summed E-state index contributed by atoms with van der Waals surface area (Å²) in [6.07, 6.45) is 0. The quantitative estimate of drug-likeness (QED) is 0.834. The van der Waals surface area contributed by atoms with Crippen LogP contribution in [-0.4, -0.2) is 16.6 Å². The monoisotopic (exact) mass is 291 g/mol. The smallest absolute Gasteiger partial charge is 0.171 e. The van der Waals surface area contributed by atoms with Crippen molar-refractivity contribution in [3.05, 3.63) is 21.8 Å². The van der Waals surface area contributed by atoms with Gasteiger partial charge in [0, 0.05) is 6.54 Å². The summed E-state index contributed by atoms with van der Waals surface area (Å²) in [5.74, 6) is 1.04. The molecule has 1 aromatic heterocycles. The Labute approximate surface area is 117 Å². The second kappa shape index (κ2) is 6.38. The lowest BCUT2D eigenvalue weighted by Crippen LogP contribution is -2.31. The molecule has 0 fully saturated rings. The molecule has 0 unspecified atom stereocenters. The molecule has 0 aliphatic carbocycles. The molecule has 0 radical (unpaired) electrons. The highest BCUT2D eigenvalue weighted by atomic mass is 35.5. The molecular formula is C11H15Cl2N3S. The van der Waals surface area contributed by atoms with Crippen LogP contribution in [0.15, 0.2) is 6.07 Å². The molecule has 0 amide bonds. The average Bonchev–Trinajstić information content (AvgIpc) is 2.23. The van der Waals surface area contributed by atoms with E-state index in [1.807, 2.05) is 6.92 Å². The molecule has 6 heteroatoms. The number of anilines is 1. The molecule has 0 aliphatic rings. The number of pyridine rings is 1. The third-order valence-corrected chi connectivity index (χ3v) is 2.92. The van der Waals surface area contributed by atoms with Crippen molar-refractivity contribution in [3.8, 4) is 0 Å². The Hall–Kier alpha value is -0.580. The van der Waals surface area contributed by atoms with E-state index in [-0.39, 0.29) is 0 Å². The lowest BCUT2D eigenvalue weighted by atomic mass is 10.2. The molecule has 0 bridgehead atoms. The predicted octanol–water partition coefficient (Wildman–Crippen LogP) is 3.64. The van der Waals surface area contributed by atoms with Crippen molar-refractivity contribution in [1.82, 2.24) is 10.3 Å². The van der Waals surface area contributed by atoms with Crippen LogP contribution in [0.2, 0.25) is 10.0 Å². The van der Waals surface area contributed by atoms with Crippen molar-refractivity contribution in [2.45, 2.75) is 20.8 Å². The van der Waals surface area contributed by atoms with E-state index in [0.29, 0.717) is 32.6 Å². The van der Waals surface area contributed by atoms with Crippen molar-refractivity contribution in [3.63, 3.8) is 0 Å². The number of thiocarbonyl (C=S) groups is 1. The summed E-state index contributed by atoms with van der Waals surface area (Å²) in [5, 5.41) is 7.54. The van der Waals surface area contributed by atoms with Gasteiger partial charge in [-0.25, -0.2) is 4.98 Å². The van der Waals surface area contributed by atoms with E-state index in [4.69, 9.17) is 35.4 Å². The van der Waals surface area contributed by atoms with Crippen LogP contribution in [0.5, 0.6) is 0 Å². The van der Waals surface area contributed by atoms with Crippen molar-refractivity contribution >= 4 is 46.4 Å². The van der Waals surface area contributed by atoms with Gasteiger partial charge in [0.15, 0.2) is 10.9 Å². The van der Waals surface area contributed by atoms with Crippen LogP contribution < -0.4 is 10.6 Å². The van der Waals surface area contributed by atoms with Crippen LogP contribution in [0.3, 0.4) is 0 Å². The first-order valence-corrected chi connectivity index (χ1v) is 6.44. The molecule has 0 atom stereocenters. The average molecular weight is 292 g/mol. The minimum Gasteiger partial charge on any atom is -0.362 e. The maximum Gasteiger partial charge on any atom is 0.171 e. The Morgan fingerprint density at radius 1 is 1.41 bits per heavy atom. The Balaban J connectivity index is 2.68. The molecule has 2 N–H and O–H groups in total. The van der Waals surface area contributed by atoms with Gasteiger partial charge in [0.05, 0.1) is 15.7 Å². The number of hydrogen-bond acceptors (Lipinski definition) is 2. The molecule has 1 aromatic rings. The molecule has 17 heavy (non-hydrogen) atoms. The summed E-state index contributed by atoms with van der Waals surface area (Å²) >= 11 is 17.0. The Kier molecular flexibility index (Phi) is 5.43. The number of nitrogens with one attached hydrogen (secondary N) is 2. The van der Waals surface area contributed by atoms with E-state index in [2.05, 4.69) is 29.5 Å². The SMILES string of the molecule is Cc1nc(NC(=S)NCC(C)C)c(Cl)cc1Cl. The zero-order chi connectivity index (χ0) is 13.0. The Morgan fingerprint density at radius 3 is 2.65 bits per heavy atom. The zero-order valence-electron chi connectivity index (χ0n) is 9.97. The maximum absolute atomic E-state index is 6.01. The number of nitrogens with zero attached hydrogens (tertiary/aromatic N) is 1. The van der Waals surface area contributed by atoms with Gasteiger partial charge in [0.25, 0.3) is 0 Å². The topological polar surface area (TPSA) is 37.0 Å². The van der Waals surface area contributed by atoms with Crippen molar-refractivity contribution in [1.29, 1.82) is 0 Å². The van der Waals surface area contributed by atoms with E-state index in [1.165, 1.54) is 0 Å². The van der Waals surface area contributed by atoms with Crippen LogP contribution in [0.1, 0.15) is 19.5 Å². The summed E-state index contributed by atoms with van der Waals surface area (Å²) in [6, 6.07) is 1.65. The fourth-order valence-electron chi connectivity index (χ4n) is 1.09. The van der Waals surface area contributed by atoms with Gasteiger partial charge >= 0.3 is 0 Å². The standard InChI is InChI=1S/C11H15Cl2N3S/c1-6(2)5-14-11(17)16-10-9(13)4-8(12)7(3)15-10/h4,6H,5H2,1-3H3,(H2,14,15,16,17). The minimum absolute atomic E-state index is 0.453. The molecule has 0 saturated carbocycles. The number of hydrogen-bond donors (Lipinski definition) is 2. The first kappa shape index (κ1) is 14.5. The van der Waals surface area contributed by atoms with Crippen LogP contribution in [-0.2, 0) is 0 Å². The highest BCUT2D eigenvalue weighted by Crippen LogP contribution is 2.25. The Morgan fingerprint density at radius 2 is 2.06 bits per heavy atom. The van der Waals surface area contributed by atoms with Crippen LogP contribution in [0, 0.1) is 12.8 Å². The van der Waals surface area contributed by atoms with Crippen LogP contribution in [0.25, 0.3) is 0 Å². The largest absolute Gasteiger partial charge is 0.362 e. The van der Waals surface area contributed by atoms with Gasteiger partial charge in [-0.2, -0.15) is 0 Å². The molecule has 0 aliphatic heterocycles. The molecule has 1 heterocycles. The van der Waals surface area contributed by atoms with E-state index >= 15 is 0 Å². The first-order chi connectivity index (χ1) is 7.90. The second-order valence-electron chi connectivity index (χ2n) is 4.11. The predicted molar refractivity (Wildman–Crippen MR) is 78.1 cm³/mol. The molecule has 94 valence electrons. The molecule has 0 spiro atoms. The minimum atomic E-state index is 0.453. The molecule has 1 rings (SSSR count). The second-order valence-corrected chi connectivity index (χ2v) is 5.34. The molecular weight excluding hydrogens is 277 g/mol. The third kappa shape index (κ3) is 4.66. The van der Waals surface area contributed by atoms with Crippen LogP contribution >= 0.6 is 35.4 Å². The number of halogens is 2. The van der Waals surface area contributed by atoms with Gasteiger partial charge in [-0.05, 0) is 31.1 Å². The van der Waals surface area contributed by atoms with E-state index < -0.39 is 0 Å². The van der Waals surface area contributed by atoms with Crippen molar-refractivity contribution in [2.24, 2.45) is 5.92 Å². The number of aryl methyl sites for hydroxylation is 1. The third-order valence-electron chi connectivity index (χ3n) is 2.01. The summed E-state index contributed by atoms with van der Waals surface area (Å²) < 4.78 is 0. The lowest BCUT2D eigenvalue weighted by molar-refractivity contribution is 0.627. The van der Waals surface area contributed by atoms with Crippen LogP contribution in [0.4, 0.5) is 5.82 Å². The molecule has 0 saturated heterocycles. The Bertz CT molecular complexity index is 421. The summed E-state index contributed by atoms with van der Waals surface area (Å²) in [6.45, 7) is 6.82. The van der Waals surface area contributed by atoms with E-state index in [0.717, 1.165) is 6.54 Å². The van der Waals surface area contributed by atoms with Crippen molar-refractivity contribution in [2.75, 3.05) is 11.9 Å². The fraction of sp³-hybridized carbons (Fsp3) is 0.455. The highest BCUT2D eigenvalue weighted by molar-refractivity contribution is 7.80. The normalized spacial score (nSPS) is 10.5. The zero-order valence-corrected chi connectivity index (χ0v) is 12.3. The summed E-state index contributed by atoms with van der Waals surface area (Å²) in [7, 11) is 0. The number of rotatable bonds is 3. The van der Waals surface area contributed by atoms with Gasteiger partial charge in [-0.15, -0.1) is 0 Å². The van der Waals surface area contributed by atoms with E-state index in [9.17, 15) is 0 Å². The van der Waals surface area contributed by atoms with Gasteiger partial charge < -0.3 is 10.6 Å². The maximum atomic E-state index is 6.01. The number of aromatic nitrogens is 1. The molecule has 0 aromatic carbocycles. The van der Waals surface area contributed by atoms with E-state index in [1.54, 1.807) is 6.07 Å². The molecule has 3 nitrogen and oxygen atoms in total. The van der Waals surface area contributed by atoms with Gasteiger partial charge in [-0.3, -0.25) is 0 Å².